The van der Waals surface area contributed by atoms with Crippen molar-refractivity contribution in [2.45, 2.75) is 31.1 Å². The van der Waals surface area contributed by atoms with Crippen molar-refractivity contribution in [3.63, 3.8) is 0 Å². The van der Waals surface area contributed by atoms with E-state index in [0.29, 0.717) is 11.8 Å². The summed E-state index contributed by atoms with van der Waals surface area (Å²) in [6.45, 7) is 2.50. The molecule has 1 atom stereocenters. The summed E-state index contributed by atoms with van der Waals surface area (Å²) in [7, 11) is 0. The van der Waals surface area contributed by atoms with Crippen molar-refractivity contribution < 1.29 is 9.53 Å². The summed E-state index contributed by atoms with van der Waals surface area (Å²) in [5.41, 5.74) is 0.965. The van der Waals surface area contributed by atoms with Crippen LogP contribution in [0.1, 0.15) is 31.2 Å². The van der Waals surface area contributed by atoms with E-state index < -0.39 is 0 Å². The Kier molecular flexibility index (Phi) is 4.48. The number of carbonyl (C=O) groups excluding carboxylic acids is 1. The van der Waals surface area contributed by atoms with Gasteiger partial charge in [0.2, 0.25) is 5.91 Å². The topological polar surface area (TPSA) is 29.5 Å². The van der Waals surface area contributed by atoms with Crippen molar-refractivity contribution in [2.75, 3.05) is 19.7 Å². The number of nitrogens with zero attached hydrogens (tertiary/aromatic N) is 1. The van der Waals surface area contributed by atoms with E-state index >= 15 is 0 Å². The molecule has 0 radical (unpaired) electrons. The molecule has 3 heteroatoms. The van der Waals surface area contributed by atoms with Gasteiger partial charge in [-0.25, -0.2) is 0 Å². The Morgan fingerprint density at radius 1 is 1.04 bits per heavy atom. The number of amides is 1. The minimum absolute atomic E-state index is 0.226. The molecule has 4 rings (SSSR count). The molecule has 1 aliphatic carbocycles. The van der Waals surface area contributed by atoms with Crippen LogP contribution in [0.5, 0.6) is 5.75 Å². The van der Waals surface area contributed by atoms with E-state index in [1.165, 1.54) is 5.56 Å². The van der Waals surface area contributed by atoms with Crippen molar-refractivity contribution in [2.24, 2.45) is 5.92 Å². The smallest absolute Gasteiger partial charge is 0.233 e. The first-order chi connectivity index (χ1) is 12.3. The summed E-state index contributed by atoms with van der Waals surface area (Å²) < 4.78 is 5.81. The monoisotopic (exact) mass is 335 g/mol. The second kappa shape index (κ2) is 6.91. The van der Waals surface area contributed by atoms with Gasteiger partial charge in [0.25, 0.3) is 0 Å². The van der Waals surface area contributed by atoms with E-state index in [0.717, 1.165) is 51.1 Å². The molecule has 2 aromatic carbocycles. The largest absolute Gasteiger partial charge is 0.494 e. The minimum Gasteiger partial charge on any atom is -0.494 e. The zero-order chi connectivity index (χ0) is 17.1. The lowest BCUT2D eigenvalue weighted by Gasteiger charge is -2.23. The maximum atomic E-state index is 13.1. The first kappa shape index (κ1) is 16.2. The Bertz CT molecular complexity index is 709. The van der Waals surface area contributed by atoms with E-state index in [9.17, 15) is 4.79 Å². The molecule has 25 heavy (non-hydrogen) atoms. The number of para-hydroxylation sites is 1. The first-order valence-corrected chi connectivity index (χ1v) is 9.31. The standard InChI is InChI=1S/C22H25NO2/c24-21(22(13-14-22)19-7-3-1-4-8-19)23-15-11-18(17-23)12-16-25-20-9-5-2-6-10-20/h1-10,18H,11-17H2. The van der Waals surface area contributed by atoms with Crippen LogP contribution in [0.3, 0.4) is 0 Å². The minimum atomic E-state index is -0.226. The molecule has 0 N–H and O–H groups in total. The van der Waals surface area contributed by atoms with Crippen LogP contribution in [0, 0.1) is 5.92 Å². The fraction of sp³-hybridized carbons (Fsp3) is 0.409. The molecule has 3 nitrogen and oxygen atoms in total. The lowest BCUT2D eigenvalue weighted by atomic mass is 9.94. The highest BCUT2D eigenvalue weighted by Crippen LogP contribution is 2.50. The Labute approximate surface area is 149 Å². The number of hydrogen-bond acceptors (Lipinski definition) is 2. The highest BCUT2D eigenvalue weighted by atomic mass is 16.5. The summed E-state index contributed by atoms with van der Waals surface area (Å²) in [4.78, 5) is 15.2. The molecule has 130 valence electrons. The highest BCUT2D eigenvalue weighted by molar-refractivity contribution is 5.91. The lowest BCUT2D eigenvalue weighted by molar-refractivity contribution is -0.133. The van der Waals surface area contributed by atoms with Gasteiger partial charge in [0, 0.05) is 13.1 Å². The van der Waals surface area contributed by atoms with Gasteiger partial charge >= 0.3 is 0 Å². The zero-order valence-corrected chi connectivity index (χ0v) is 14.6. The normalized spacial score (nSPS) is 21.1. The molecule has 2 aliphatic rings. The van der Waals surface area contributed by atoms with Crippen molar-refractivity contribution in [1.82, 2.24) is 4.90 Å². The van der Waals surface area contributed by atoms with Gasteiger partial charge in [-0.15, -0.1) is 0 Å². The Morgan fingerprint density at radius 2 is 1.72 bits per heavy atom. The lowest BCUT2D eigenvalue weighted by Crippen LogP contribution is -2.37. The van der Waals surface area contributed by atoms with Gasteiger partial charge < -0.3 is 9.64 Å². The quantitative estimate of drug-likeness (QED) is 0.797. The maximum absolute atomic E-state index is 13.1. The highest BCUT2D eigenvalue weighted by Gasteiger charge is 2.53. The summed E-state index contributed by atoms with van der Waals surface area (Å²) in [5, 5.41) is 0. The molecule has 2 fully saturated rings. The van der Waals surface area contributed by atoms with Crippen molar-refractivity contribution >= 4 is 5.91 Å². The number of benzene rings is 2. The summed E-state index contributed by atoms with van der Waals surface area (Å²) in [6, 6.07) is 20.2. The van der Waals surface area contributed by atoms with Crippen LogP contribution in [0.15, 0.2) is 60.7 Å². The summed E-state index contributed by atoms with van der Waals surface area (Å²) in [6.07, 6.45) is 4.09. The average Bonchev–Trinajstić information content (AvgIpc) is 3.35. The number of ether oxygens (including phenoxy) is 1. The maximum Gasteiger partial charge on any atom is 0.233 e. The Hall–Kier alpha value is -2.29. The predicted molar refractivity (Wildman–Crippen MR) is 98.6 cm³/mol. The van der Waals surface area contributed by atoms with Crippen LogP contribution < -0.4 is 4.74 Å². The molecule has 2 aromatic rings. The van der Waals surface area contributed by atoms with E-state index in [1.807, 2.05) is 48.5 Å². The third-order valence-electron chi connectivity index (χ3n) is 5.60. The van der Waals surface area contributed by atoms with Crippen molar-refractivity contribution in [3.05, 3.63) is 66.2 Å². The summed E-state index contributed by atoms with van der Waals surface area (Å²) in [5.74, 6) is 1.82. The second-order valence-corrected chi connectivity index (χ2v) is 7.30. The van der Waals surface area contributed by atoms with Crippen LogP contribution >= 0.6 is 0 Å². The number of rotatable bonds is 6. The van der Waals surface area contributed by atoms with E-state index in [2.05, 4.69) is 17.0 Å². The van der Waals surface area contributed by atoms with E-state index in [1.54, 1.807) is 0 Å². The molecule has 0 bridgehead atoms. The predicted octanol–water partition coefficient (Wildman–Crippen LogP) is 4.04. The molecule has 1 aliphatic heterocycles. The fourth-order valence-corrected chi connectivity index (χ4v) is 3.92. The van der Waals surface area contributed by atoms with Gasteiger partial charge in [-0.2, -0.15) is 0 Å². The van der Waals surface area contributed by atoms with Crippen LogP contribution in [-0.2, 0) is 10.2 Å². The Balaban J connectivity index is 1.30. The second-order valence-electron chi connectivity index (χ2n) is 7.30. The van der Waals surface area contributed by atoms with Gasteiger partial charge in [0.15, 0.2) is 0 Å². The first-order valence-electron chi connectivity index (χ1n) is 9.31. The van der Waals surface area contributed by atoms with Crippen molar-refractivity contribution in [1.29, 1.82) is 0 Å². The third kappa shape index (κ3) is 3.41. The zero-order valence-electron chi connectivity index (χ0n) is 14.6. The van der Waals surface area contributed by atoms with Gasteiger partial charge in [-0.05, 0) is 49.3 Å². The molecular formula is C22H25NO2. The fourth-order valence-electron chi connectivity index (χ4n) is 3.92. The van der Waals surface area contributed by atoms with Gasteiger partial charge in [-0.3, -0.25) is 4.79 Å². The van der Waals surface area contributed by atoms with Gasteiger partial charge in [0.05, 0.1) is 12.0 Å². The number of carbonyl (C=O) groups is 1. The Morgan fingerprint density at radius 3 is 2.40 bits per heavy atom. The number of hydrogen-bond donors (Lipinski definition) is 0. The average molecular weight is 335 g/mol. The number of likely N-dealkylation sites (tertiary alicyclic amines) is 1. The molecule has 1 heterocycles. The van der Waals surface area contributed by atoms with E-state index in [-0.39, 0.29) is 5.41 Å². The van der Waals surface area contributed by atoms with E-state index in [4.69, 9.17) is 4.74 Å². The van der Waals surface area contributed by atoms with Crippen LogP contribution in [0.4, 0.5) is 0 Å². The molecule has 0 aromatic heterocycles. The van der Waals surface area contributed by atoms with Crippen molar-refractivity contribution in [3.8, 4) is 5.75 Å². The molecule has 1 saturated carbocycles. The third-order valence-corrected chi connectivity index (χ3v) is 5.60. The summed E-state index contributed by atoms with van der Waals surface area (Å²) >= 11 is 0. The SMILES string of the molecule is O=C(N1CCC(CCOc2ccccc2)C1)C1(c2ccccc2)CC1. The molecular weight excluding hydrogens is 310 g/mol. The molecule has 1 amide bonds. The molecule has 1 unspecified atom stereocenters. The van der Waals surface area contributed by atoms with Gasteiger partial charge in [-0.1, -0.05) is 48.5 Å². The molecule has 0 spiro atoms. The molecule has 1 saturated heterocycles. The van der Waals surface area contributed by atoms with Crippen LogP contribution in [0.25, 0.3) is 0 Å². The van der Waals surface area contributed by atoms with Gasteiger partial charge in [0.1, 0.15) is 5.75 Å². The van der Waals surface area contributed by atoms with Crippen LogP contribution in [-0.4, -0.2) is 30.5 Å². The van der Waals surface area contributed by atoms with Crippen LogP contribution in [0.2, 0.25) is 0 Å².